The van der Waals surface area contributed by atoms with Gasteiger partial charge in [0.2, 0.25) is 0 Å². The molecule has 0 saturated heterocycles. The van der Waals surface area contributed by atoms with E-state index in [9.17, 15) is 9.59 Å². The summed E-state index contributed by atoms with van der Waals surface area (Å²) < 4.78 is 10.6. The maximum Gasteiger partial charge on any atom is 0.282 e. The molecular weight excluding hydrogens is 451 g/mol. The molecule has 1 aliphatic rings. The smallest absolute Gasteiger partial charge is 0.282 e. The Kier molecular flexibility index (Phi) is 6.08. The molecule has 8 heteroatoms. The Bertz CT molecular complexity index is 1200. The van der Waals surface area contributed by atoms with Crippen molar-refractivity contribution in [3.05, 3.63) is 88.0 Å². The van der Waals surface area contributed by atoms with Crippen LogP contribution in [0.3, 0.4) is 0 Å². The molecule has 0 bridgehead atoms. The molecule has 32 heavy (non-hydrogen) atoms. The summed E-state index contributed by atoms with van der Waals surface area (Å²) >= 11 is 12.0. The number of imide groups is 1. The highest BCUT2D eigenvalue weighted by molar-refractivity contribution is 6.46. The second-order valence-corrected chi connectivity index (χ2v) is 7.78. The van der Waals surface area contributed by atoms with Gasteiger partial charge in [0.05, 0.1) is 25.5 Å². The van der Waals surface area contributed by atoms with Crippen LogP contribution >= 0.6 is 23.2 Å². The van der Waals surface area contributed by atoms with Gasteiger partial charge in [0.25, 0.3) is 11.8 Å². The van der Waals surface area contributed by atoms with Crippen LogP contribution in [0.4, 0.5) is 11.4 Å². The topological polar surface area (TPSA) is 67.9 Å². The summed E-state index contributed by atoms with van der Waals surface area (Å²) in [6.07, 6.45) is 0. The summed E-state index contributed by atoms with van der Waals surface area (Å²) in [5.41, 5.74) is 1.85. The molecule has 3 aromatic carbocycles. The molecule has 2 amide bonds. The van der Waals surface area contributed by atoms with Crippen LogP contribution in [0.15, 0.2) is 72.4 Å². The fraction of sp³-hybridized carbons (Fsp3) is 0.0833. The number of amides is 2. The molecule has 6 nitrogen and oxygen atoms in total. The van der Waals surface area contributed by atoms with E-state index >= 15 is 0 Å². The summed E-state index contributed by atoms with van der Waals surface area (Å²) in [4.78, 5) is 28.0. The maximum absolute atomic E-state index is 13.4. The second-order valence-electron chi connectivity index (χ2n) is 6.91. The molecule has 1 aliphatic heterocycles. The highest BCUT2D eigenvalue weighted by atomic mass is 35.5. The van der Waals surface area contributed by atoms with Crippen molar-refractivity contribution >= 4 is 52.0 Å². The van der Waals surface area contributed by atoms with E-state index in [1.54, 1.807) is 66.7 Å². The Morgan fingerprint density at radius 2 is 1.28 bits per heavy atom. The first-order valence-corrected chi connectivity index (χ1v) is 10.3. The molecular formula is C24H18Cl2N2O4. The van der Waals surface area contributed by atoms with E-state index in [-0.39, 0.29) is 11.3 Å². The van der Waals surface area contributed by atoms with E-state index in [1.807, 2.05) is 0 Å². The molecule has 1 heterocycles. The zero-order valence-corrected chi connectivity index (χ0v) is 18.7. The number of carbonyl (C=O) groups excluding carboxylic acids is 2. The van der Waals surface area contributed by atoms with Gasteiger partial charge in [-0.2, -0.15) is 0 Å². The number of carbonyl (C=O) groups is 2. The molecule has 0 atom stereocenters. The lowest BCUT2D eigenvalue weighted by molar-refractivity contribution is -0.120. The van der Waals surface area contributed by atoms with Crippen molar-refractivity contribution in [3.8, 4) is 11.5 Å². The number of nitrogens with one attached hydrogen (secondary N) is 1. The zero-order valence-electron chi connectivity index (χ0n) is 17.2. The number of hydrogen-bond donors (Lipinski definition) is 1. The van der Waals surface area contributed by atoms with Gasteiger partial charge in [-0.25, -0.2) is 4.90 Å². The van der Waals surface area contributed by atoms with Crippen molar-refractivity contribution in [1.82, 2.24) is 0 Å². The van der Waals surface area contributed by atoms with E-state index < -0.39 is 11.8 Å². The van der Waals surface area contributed by atoms with E-state index in [4.69, 9.17) is 32.7 Å². The molecule has 0 unspecified atom stereocenters. The highest BCUT2D eigenvalue weighted by Gasteiger charge is 2.40. The minimum absolute atomic E-state index is 0.127. The van der Waals surface area contributed by atoms with Crippen molar-refractivity contribution in [2.45, 2.75) is 0 Å². The van der Waals surface area contributed by atoms with Crippen LogP contribution in [0.25, 0.3) is 5.57 Å². The number of methoxy groups -OCH3 is 2. The number of ether oxygens (including phenoxy) is 2. The van der Waals surface area contributed by atoms with Crippen LogP contribution in [0, 0.1) is 0 Å². The Morgan fingerprint density at radius 3 is 1.81 bits per heavy atom. The van der Waals surface area contributed by atoms with E-state index in [2.05, 4.69) is 5.32 Å². The lowest BCUT2D eigenvalue weighted by Crippen LogP contribution is -2.32. The lowest BCUT2D eigenvalue weighted by atomic mass is 10.0. The number of benzene rings is 3. The molecule has 162 valence electrons. The first-order valence-electron chi connectivity index (χ1n) is 9.56. The Labute approximate surface area is 195 Å². The van der Waals surface area contributed by atoms with Gasteiger partial charge in [-0.15, -0.1) is 0 Å². The van der Waals surface area contributed by atoms with Gasteiger partial charge in [0.1, 0.15) is 17.2 Å². The molecule has 4 rings (SSSR count). The van der Waals surface area contributed by atoms with E-state index in [1.165, 1.54) is 14.2 Å². The largest absolute Gasteiger partial charge is 0.497 e. The molecule has 0 radical (unpaired) electrons. The lowest BCUT2D eigenvalue weighted by Gasteiger charge is -2.16. The Morgan fingerprint density at radius 1 is 0.750 bits per heavy atom. The van der Waals surface area contributed by atoms with Gasteiger partial charge in [-0.05, 0) is 42.0 Å². The summed E-state index contributed by atoms with van der Waals surface area (Å²) in [5.74, 6) is 0.111. The fourth-order valence-corrected chi connectivity index (χ4v) is 3.63. The molecule has 0 fully saturated rings. The third kappa shape index (κ3) is 4.15. The average Bonchev–Trinajstić information content (AvgIpc) is 3.04. The third-order valence-corrected chi connectivity index (χ3v) is 5.43. The van der Waals surface area contributed by atoms with Gasteiger partial charge >= 0.3 is 0 Å². The van der Waals surface area contributed by atoms with Gasteiger partial charge in [-0.1, -0.05) is 35.3 Å². The minimum atomic E-state index is -0.496. The number of hydrogen-bond acceptors (Lipinski definition) is 5. The fourth-order valence-electron chi connectivity index (χ4n) is 3.38. The standard InChI is InChI=1S/C24H18Cl2N2O4/c1-31-19-11-17(12-20(13-19)32-2)27-22-21(14-3-5-15(25)6-4-14)23(29)28(24(22)30)18-9-7-16(26)8-10-18/h3-13,27H,1-2H3. The van der Waals surface area contributed by atoms with E-state index in [0.717, 1.165) is 4.90 Å². The first-order chi connectivity index (χ1) is 15.4. The Balaban J connectivity index is 1.82. The second kappa shape index (κ2) is 8.94. The van der Waals surface area contributed by atoms with Crippen molar-refractivity contribution < 1.29 is 19.1 Å². The monoisotopic (exact) mass is 468 g/mol. The summed E-state index contributed by atoms with van der Waals surface area (Å²) in [6.45, 7) is 0. The minimum Gasteiger partial charge on any atom is -0.497 e. The summed E-state index contributed by atoms with van der Waals surface area (Å²) in [6, 6.07) is 18.3. The van der Waals surface area contributed by atoms with Gasteiger partial charge in [-0.3, -0.25) is 9.59 Å². The van der Waals surface area contributed by atoms with Crippen LogP contribution in [0.1, 0.15) is 5.56 Å². The van der Waals surface area contributed by atoms with Crippen LogP contribution in [-0.2, 0) is 9.59 Å². The molecule has 0 aliphatic carbocycles. The van der Waals surface area contributed by atoms with Crippen LogP contribution < -0.4 is 19.7 Å². The van der Waals surface area contributed by atoms with Crippen LogP contribution in [0.5, 0.6) is 11.5 Å². The highest BCUT2D eigenvalue weighted by Crippen LogP contribution is 2.36. The molecule has 0 spiro atoms. The predicted octanol–water partition coefficient (Wildman–Crippen LogP) is 5.41. The first kappa shape index (κ1) is 21.7. The third-order valence-electron chi connectivity index (χ3n) is 4.92. The van der Waals surface area contributed by atoms with Crippen molar-refractivity contribution in [2.75, 3.05) is 24.4 Å². The quantitative estimate of drug-likeness (QED) is 0.490. The van der Waals surface area contributed by atoms with Crippen molar-refractivity contribution in [2.24, 2.45) is 0 Å². The van der Waals surface area contributed by atoms with Crippen molar-refractivity contribution in [1.29, 1.82) is 0 Å². The normalized spacial score (nSPS) is 13.6. The van der Waals surface area contributed by atoms with Crippen LogP contribution in [0.2, 0.25) is 10.0 Å². The van der Waals surface area contributed by atoms with E-state index in [0.29, 0.717) is 38.5 Å². The average molecular weight is 469 g/mol. The summed E-state index contributed by atoms with van der Waals surface area (Å²) in [5, 5.41) is 4.11. The number of nitrogens with zero attached hydrogens (tertiary/aromatic N) is 1. The number of halogens is 2. The van der Waals surface area contributed by atoms with Gasteiger partial charge in [0.15, 0.2) is 0 Å². The Hall–Kier alpha value is -3.48. The molecule has 0 aromatic heterocycles. The van der Waals surface area contributed by atoms with Crippen LogP contribution in [-0.4, -0.2) is 26.0 Å². The van der Waals surface area contributed by atoms with Crippen molar-refractivity contribution in [3.63, 3.8) is 0 Å². The molecule has 1 N–H and O–H groups in total. The van der Waals surface area contributed by atoms with Gasteiger partial charge < -0.3 is 14.8 Å². The SMILES string of the molecule is COc1cc(NC2=C(c3ccc(Cl)cc3)C(=O)N(c3ccc(Cl)cc3)C2=O)cc(OC)c1. The predicted molar refractivity (Wildman–Crippen MR) is 125 cm³/mol. The summed E-state index contributed by atoms with van der Waals surface area (Å²) in [7, 11) is 3.06. The number of rotatable bonds is 6. The maximum atomic E-state index is 13.4. The van der Waals surface area contributed by atoms with Gasteiger partial charge in [0, 0.05) is 33.9 Å². The number of anilines is 2. The zero-order chi connectivity index (χ0) is 22.8. The molecule has 3 aromatic rings. The molecule has 0 saturated carbocycles.